The van der Waals surface area contributed by atoms with E-state index < -0.39 is 0 Å². The minimum atomic E-state index is 0.0648. The van der Waals surface area contributed by atoms with Gasteiger partial charge >= 0.3 is 0 Å². The van der Waals surface area contributed by atoms with E-state index in [1.165, 1.54) is 24.8 Å². The molecule has 1 aromatic heterocycles. The van der Waals surface area contributed by atoms with Gasteiger partial charge in [-0.15, -0.1) is 0 Å². The minimum Gasteiger partial charge on any atom is -0.370 e. The third-order valence-electron chi connectivity index (χ3n) is 4.19. The quantitative estimate of drug-likeness (QED) is 0.818. The van der Waals surface area contributed by atoms with Crippen LogP contribution in [0.5, 0.6) is 0 Å². The lowest BCUT2D eigenvalue weighted by Crippen LogP contribution is -2.23. The topological polar surface area (TPSA) is 26.2 Å². The zero-order valence-corrected chi connectivity index (χ0v) is 13.5. The van der Waals surface area contributed by atoms with Crippen LogP contribution in [0.15, 0.2) is 18.5 Å². The monoisotopic (exact) mass is 278 g/mol. The standard InChI is InChI=1S/C17H30N2O/c1-5-10-18-16(6-2)14-8-11-19(12-14)13-15-7-9-17(3,4)20-15/h8,11-12,15-16,18H,5-7,9-10,13H2,1-4H3. The van der Waals surface area contributed by atoms with Gasteiger partial charge in [-0.2, -0.15) is 0 Å². The van der Waals surface area contributed by atoms with E-state index in [1.54, 1.807) is 0 Å². The van der Waals surface area contributed by atoms with Crippen LogP contribution < -0.4 is 5.32 Å². The first-order chi connectivity index (χ1) is 9.54. The van der Waals surface area contributed by atoms with Crippen molar-refractivity contribution in [3.8, 4) is 0 Å². The van der Waals surface area contributed by atoms with E-state index in [9.17, 15) is 0 Å². The Morgan fingerprint density at radius 2 is 2.25 bits per heavy atom. The maximum Gasteiger partial charge on any atom is 0.0762 e. The third-order valence-corrected chi connectivity index (χ3v) is 4.19. The summed E-state index contributed by atoms with van der Waals surface area (Å²) in [7, 11) is 0. The van der Waals surface area contributed by atoms with Crippen LogP contribution in [0.1, 0.15) is 65.0 Å². The lowest BCUT2D eigenvalue weighted by atomic mass is 10.1. The van der Waals surface area contributed by atoms with Crippen molar-refractivity contribution in [2.24, 2.45) is 0 Å². The average molecular weight is 278 g/mol. The van der Waals surface area contributed by atoms with E-state index >= 15 is 0 Å². The number of rotatable bonds is 7. The van der Waals surface area contributed by atoms with Gasteiger partial charge in [-0.25, -0.2) is 0 Å². The maximum atomic E-state index is 6.08. The molecule has 20 heavy (non-hydrogen) atoms. The highest BCUT2D eigenvalue weighted by Gasteiger charge is 2.31. The van der Waals surface area contributed by atoms with Crippen LogP contribution in [0.4, 0.5) is 0 Å². The SMILES string of the molecule is CCCNC(CC)c1ccn(CC2CCC(C)(C)O2)c1. The number of hydrogen-bond acceptors (Lipinski definition) is 2. The second-order valence-electron chi connectivity index (χ2n) is 6.59. The Bertz CT molecular complexity index is 411. The Hall–Kier alpha value is -0.800. The molecular formula is C17H30N2O. The van der Waals surface area contributed by atoms with Gasteiger partial charge in [0.1, 0.15) is 0 Å². The van der Waals surface area contributed by atoms with Crippen molar-refractivity contribution in [2.45, 2.75) is 77.7 Å². The van der Waals surface area contributed by atoms with E-state index in [2.05, 4.69) is 56.0 Å². The Morgan fingerprint density at radius 3 is 2.85 bits per heavy atom. The Kier molecular flexibility index (Phi) is 5.28. The zero-order valence-electron chi connectivity index (χ0n) is 13.5. The smallest absolute Gasteiger partial charge is 0.0762 e. The van der Waals surface area contributed by atoms with Crippen LogP contribution in [-0.2, 0) is 11.3 Å². The lowest BCUT2D eigenvalue weighted by molar-refractivity contribution is -0.0216. The molecule has 2 atom stereocenters. The molecule has 1 aromatic rings. The van der Waals surface area contributed by atoms with Crippen molar-refractivity contribution >= 4 is 0 Å². The van der Waals surface area contributed by atoms with Gasteiger partial charge in [-0.1, -0.05) is 13.8 Å². The van der Waals surface area contributed by atoms with E-state index in [1.807, 2.05) is 0 Å². The molecule has 2 heterocycles. The Labute approximate surface area is 123 Å². The van der Waals surface area contributed by atoms with Crippen molar-refractivity contribution in [1.82, 2.24) is 9.88 Å². The second-order valence-corrected chi connectivity index (χ2v) is 6.59. The first kappa shape index (κ1) is 15.6. The Morgan fingerprint density at radius 1 is 1.45 bits per heavy atom. The molecule has 2 rings (SSSR count). The highest BCUT2D eigenvalue weighted by molar-refractivity contribution is 5.15. The molecule has 0 saturated carbocycles. The van der Waals surface area contributed by atoms with Crippen molar-refractivity contribution in [3.05, 3.63) is 24.0 Å². The molecule has 0 bridgehead atoms. The molecule has 3 heteroatoms. The summed E-state index contributed by atoms with van der Waals surface area (Å²) >= 11 is 0. The summed E-state index contributed by atoms with van der Waals surface area (Å²) in [6, 6.07) is 2.73. The van der Waals surface area contributed by atoms with Crippen LogP contribution >= 0.6 is 0 Å². The highest BCUT2D eigenvalue weighted by Crippen LogP contribution is 2.30. The molecule has 0 amide bonds. The number of aromatic nitrogens is 1. The second kappa shape index (κ2) is 6.77. The summed E-state index contributed by atoms with van der Waals surface area (Å²) in [5.41, 5.74) is 1.47. The average Bonchev–Trinajstić information content (AvgIpc) is 2.98. The van der Waals surface area contributed by atoms with Gasteiger partial charge in [0.2, 0.25) is 0 Å². The molecule has 2 unspecified atom stereocenters. The predicted octanol–water partition coefficient (Wildman–Crippen LogP) is 3.90. The Balaban J connectivity index is 1.91. The zero-order chi connectivity index (χ0) is 14.6. The number of nitrogens with zero attached hydrogens (tertiary/aromatic N) is 1. The molecule has 1 aliphatic heterocycles. The first-order valence-corrected chi connectivity index (χ1v) is 8.11. The molecule has 1 saturated heterocycles. The van der Waals surface area contributed by atoms with Gasteiger partial charge in [-0.3, -0.25) is 0 Å². The normalized spacial score (nSPS) is 23.1. The van der Waals surface area contributed by atoms with Gasteiger partial charge in [0, 0.05) is 25.0 Å². The van der Waals surface area contributed by atoms with Crippen molar-refractivity contribution in [2.75, 3.05) is 6.54 Å². The van der Waals surface area contributed by atoms with Crippen LogP contribution in [0, 0.1) is 0 Å². The maximum absolute atomic E-state index is 6.08. The van der Waals surface area contributed by atoms with Crippen LogP contribution in [0.3, 0.4) is 0 Å². The predicted molar refractivity (Wildman–Crippen MR) is 83.9 cm³/mol. The van der Waals surface area contributed by atoms with E-state index in [4.69, 9.17) is 4.74 Å². The molecule has 1 N–H and O–H groups in total. The molecule has 3 nitrogen and oxygen atoms in total. The van der Waals surface area contributed by atoms with Gasteiger partial charge in [0.05, 0.1) is 11.7 Å². The lowest BCUT2D eigenvalue weighted by Gasteiger charge is -2.19. The van der Waals surface area contributed by atoms with E-state index in [0.717, 1.165) is 19.5 Å². The largest absolute Gasteiger partial charge is 0.370 e. The highest BCUT2D eigenvalue weighted by atomic mass is 16.5. The molecular weight excluding hydrogens is 248 g/mol. The fraction of sp³-hybridized carbons (Fsp3) is 0.765. The molecule has 114 valence electrons. The van der Waals surface area contributed by atoms with Gasteiger partial charge < -0.3 is 14.6 Å². The summed E-state index contributed by atoms with van der Waals surface area (Å²) < 4.78 is 8.37. The molecule has 1 fully saturated rings. The van der Waals surface area contributed by atoms with Crippen LogP contribution in [0.25, 0.3) is 0 Å². The molecule has 0 aliphatic carbocycles. The number of ether oxygens (including phenoxy) is 1. The molecule has 1 aliphatic rings. The number of nitrogens with one attached hydrogen (secondary N) is 1. The third kappa shape index (κ3) is 4.10. The fourth-order valence-corrected chi connectivity index (χ4v) is 3.04. The fourth-order valence-electron chi connectivity index (χ4n) is 3.04. The summed E-state index contributed by atoms with van der Waals surface area (Å²) in [6.45, 7) is 10.9. The van der Waals surface area contributed by atoms with Gasteiger partial charge in [-0.05, 0) is 57.7 Å². The molecule has 0 aromatic carbocycles. The molecule has 0 spiro atoms. The van der Waals surface area contributed by atoms with Crippen LogP contribution in [0.2, 0.25) is 0 Å². The summed E-state index contributed by atoms with van der Waals surface area (Å²) in [4.78, 5) is 0. The van der Waals surface area contributed by atoms with Crippen LogP contribution in [-0.4, -0.2) is 22.8 Å². The van der Waals surface area contributed by atoms with Gasteiger partial charge in [0.15, 0.2) is 0 Å². The number of hydrogen-bond donors (Lipinski definition) is 1. The minimum absolute atomic E-state index is 0.0648. The van der Waals surface area contributed by atoms with Gasteiger partial charge in [0.25, 0.3) is 0 Å². The summed E-state index contributed by atoms with van der Waals surface area (Å²) in [6.07, 6.45) is 9.51. The van der Waals surface area contributed by atoms with E-state index in [-0.39, 0.29) is 5.60 Å². The van der Waals surface area contributed by atoms with Crippen molar-refractivity contribution in [1.29, 1.82) is 0 Å². The first-order valence-electron chi connectivity index (χ1n) is 8.11. The van der Waals surface area contributed by atoms with E-state index in [0.29, 0.717) is 12.1 Å². The summed E-state index contributed by atoms with van der Waals surface area (Å²) in [5, 5.41) is 3.61. The summed E-state index contributed by atoms with van der Waals surface area (Å²) in [5.74, 6) is 0. The van der Waals surface area contributed by atoms with Crippen molar-refractivity contribution in [3.63, 3.8) is 0 Å². The molecule has 0 radical (unpaired) electrons. The van der Waals surface area contributed by atoms with Crippen molar-refractivity contribution < 1.29 is 4.74 Å².